The number of halogens is 1. The van der Waals surface area contributed by atoms with Crippen LogP contribution in [0.25, 0.3) is 0 Å². The second kappa shape index (κ2) is 7.38. The van der Waals surface area contributed by atoms with E-state index >= 15 is 0 Å². The lowest BCUT2D eigenvalue weighted by atomic mass is 10.1. The second-order valence-electron chi connectivity index (χ2n) is 6.58. The molecule has 24 heavy (non-hydrogen) atoms. The number of nitrogens with one attached hydrogen (secondary N) is 1. The standard InChI is InChI=1S/C17H23ClN4O2/c1-21(11-15(23)20-13-5-6-13)16-14(18)9-12(10-19-16)17(24)22-7-3-2-4-8-22/h9-10,13H,2-8,11H2,1H3,(H,20,23). The molecule has 7 heteroatoms. The third-order valence-electron chi connectivity index (χ3n) is 4.40. The number of carbonyl (C=O) groups is 2. The molecule has 1 aliphatic carbocycles. The lowest BCUT2D eigenvalue weighted by molar-refractivity contribution is -0.119. The molecule has 0 aromatic carbocycles. The summed E-state index contributed by atoms with van der Waals surface area (Å²) in [6.07, 6.45) is 6.93. The molecule has 3 rings (SSSR count). The first-order valence-corrected chi connectivity index (χ1v) is 8.87. The van der Waals surface area contributed by atoms with Crippen molar-refractivity contribution in [2.24, 2.45) is 0 Å². The molecule has 1 aliphatic heterocycles. The van der Waals surface area contributed by atoms with Crippen LogP contribution in [0.3, 0.4) is 0 Å². The van der Waals surface area contributed by atoms with E-state index < -0.39 is 0 Å². The topological polar surface area (TPSA) is 65.5 Å². The molecule has 1 N–H and O–H groups in total. The van der Waals surface area contributed by atoms with Gasteiger partial charge in [-0.2, -0.15) is 0 Å². The van der Waals surface area contributed by atoms with Crippen molar-refractivity contribution >= 4 is 29.2 Å². The fourth-order valence-corrected chi connectivity index (χ4v) is 3.21. The quantitative estimate of drug-likeness (QED) is 0.883. The molecular weight excluding hydrogens is 328 g/mol. The molecule has 2 aliphatic rings. The molecule has 0 atom stereocenters. The summed E-state index contributed by atoms with van der Waals surface area (Å²) in [5.41, 5.74) is 0.501. The molecule has 1 saturated heterocycles. The Hall–Kier alpha value is -1.82. The van der Waals surface area contributed by atoms with Crippen LogP contribution in [0.1, 0.15) is 42.5 Å². The van der Waals surface area contributed by atoms with Crippen LogP contribution in [0.15, 0.2) is 12.3 Å². The molecular formula is C17H23ClN4O2. The SMILES string of the molecule is CN(CC(=O)NC1CC1)c1ncc(C(=O)N2CCCCC2)cc1Cl. The Morgan fingerprint density at radius 2 is 2.04 bits per heavy atom. The molecule has 0 unspecified atom stereocenters. The molecule has 2 heterocycles. The van der Waals surface area contributed by atoms with E-state index in [-0.39, 0.29) is 18.4 Å². The van der Waals surface area contributed by atoms with Gasteiger partial charge in [0, 0.05) is 32.4 Å². The predicted molar refractivity (Wildman–Crippen MR) is 93.4 cm³/mol. The van der Waals surface area contributed by atoms with E-state index in [9.17, 15) is 9.59 Å². The smallest absolute Gasteiger partial charge is 0.255 e. The lowest BCUT2D eigenvalue weighted by Gasteiger charge is -2.27. The van der Waals surface area contributed by atoms with Crippen molar-refractivity contribution in [2.75, 3.05) is 31.6 Å². The molecule has 0 radical (unpaired) electrons. The summed E-state index contributed by atoms with van der Waals surface area (Å²) >= 11 is 6.30. The van der Waals surface area contributed by atoms with Gasteiger partial charge in [-0.05, 0) is 38.2 Å². The van der Waals surface area contributed by atoms with Gasteiger partial charge in [-0.15, -0.1) is 0 Å². The van der Waals surface area contributed by atoms with Crippen LogP contribution in [0.2, 0.25) is 5.02 Å². The maximum absolute atomic E-state index is 12.5. The van der Waals surface area contributed by atoms with Gasteiger partial charge in [0.1, 0.15) is 5.82 Å². The third kappa shape index (κ3) is 4.17. The van der Waals surface area contributed by atoms with Crippen molar-refractivity contribution in [3.05, 3.63) is 22.8 Å². The highest BCUT2D eigenvalue weighted by atomic mass is 35.5. The van der Waals surface area contributed by atoms with Crippen LogP contribution in [0, 0.1) is 0 Å². The summed E-state index contributed by atoms with van der Waals surface area (Å²) in [7, 11) is 1.77. The van der Waals surface area contributed by atoms with Crippen LogP contribution in [0.4, 0.5) is 5.82 Å². The minimum Gasteiger partial charge on any atom is -0.352 e. The molecule has 1 aromatic heterocycles. The highest BCUT2D eigenvalue weighted by Gasteiger charge is 2.24. The second-order valence-corrected chi connectivity index (χ2v) is 6.99. The Morgan fingerprint density at radius 3 is 2.67 bits per heavy atom. The van der Waals surface area contributed by atoms with Gasteiger partial charge in [0.25, 0.3) is 5.91 Å². The largest absolute Gasteiger partial charge is 0.352 e. The molecule has 2 amide bonds. The number of carbonyl (C=O) groups excluding carboxylic acids is 2. The van der Waals surface area contributed by atoms with Crippen molar-refractivity contribution in [1.29, 1.82) is 0 Å². The number of likely N-dealkylation sites (tertiary alicyclic amines) is 1. The van der Waals surface area contributed by atoms with Gasteiger partial charge in [-0.25, -0.2) is 4.98 Å². The Balaban J connectivity index is 1.64. The summed E-state index contributed by atoms with van der Waals surface area (Å²) in [6.45, 7) is 1.78. The first kappa shape index (κ1) is 17.0. The summed E-state index contributed by atoms with van der Waals surface area (Å²) in [4.78, 5) is 32.2. The molecule has 2 fully saturated rings. The number of rotatable bonds is 5. The van der Waals surface area contributed by atoms with Gasteiger partial charge in [0.05, 0.1) is 17.1 Å². The number of piperidine rings is 1. The van der Waals surface area contributed by atoms with Gasteiger partial charge in [-0.1, -0.05) is 11.6 Å². The van der Waals surface area contributed by atoms with E-state index in [0.717, 1.165) is 38.8 Å². The van der Waals surface area contributed by atoms with E-state index in [4.69, 9.17) is 11.6 Å². The molecule has 6 nitrogen and oxygen atoms in total. The normalized spacial score (nSPS) is 17.5. The zero-order valence-corrected chi connectivity index (χ0v) is 14.7. The molecule has 0 bridgehead atoms. The number of pyridine rings is 1. The molecule has 1 aromatic rings. The van der Waals surface area contributed by atoms with E-state index in [1.54, 1.807) is 24.2 Å². The van der Waals surface area contributed by atoms with E-state index in [1.807, 2.05) is 4.90 Å². The molecule has 130 valence electrons. The Labute approximate surface area is 147 Å². The summed E-state index contributed by atoms with van der Waals surface area (Å²) < 4.78 is 0. The summed E-state index contributed by atoms with van der Waals surface area (Å²) in [5.74, 6) is 0.453. The van der Waals surface area contributed by atoms with Crippen LogP contribution < -0.4 is 10.2 Å². The van der Waals surface area contributed by atoms with Crippen molar-refractivity contribution in [3.63, 3.8) is 0 Å². The minimum atomic E-state index is -0.0358. The van der Waals surface area contributed by atoms with E-state index in [2.05, 4.69) is 10.3 Å². The zero-order valence-electron chi connectivity index (χ0n) is 13.9. The number of amides is 2. The van der Waals surface area contributed by atoms with Crippen LogP contribution in [-0.4, -0.2) is 54.4 Å². The van der Waals surface area contributed by atoms with Crippen molar-refractivity contribution < 1.29 is 9.59 Å². The van der Waals surface area contributed by atoms with Crippen LogP contribution in [-0.2, 0) is 4.79 Å². The summed E-state index contributed by atoms with van der Waals surface area (Å²) in [5, 5.41) is 3.32. The number of aromatic nitrogens is 1. The minimum absolute atomic E-state index is 0.0234. The van der Waals surface area contributed by atoms with Crippen molar-refractivity contribution in [3.8, 4) is 0 Å². The highest BCUT2D eigenvalue weighted by molar-refractivity contribution is 6.33. The average Bonchev–Trinajstić information content (AvgIpc) is 3.38. The number of hydrogen-bond donors (Lipinski definition) is 1. The molecule has 0 spiro atoms. The van der Waals surface area contributed by atoms with Crippen LogP contribution >= 0.6 is 11.6 Å². The Kier molecular flexibility index (Phi) is 5.23. The van der Waals surface area contributed by atoms with Crippen LogP contribution in [0.5, 0.6) is 0 Å². The lowest BCUT2D eigenvalue weighted by Crippen LogP contribution is -2.37. The first-order chi connectivity index (χ1) is 11.5. The van der Waals surface area contributed by atoms with Crippen molar-refractivity contribution in [1.82, 2.24) is 15.2 Å². The Bertz CT molecular complexity index is 627. The van der Waals surface area contributed by atoms with Gasteiger partial charge in [0.2, 0.25) is 5.91 Å². The fraction of sp³-hybridized carbons (Fsp3) is 0.588. The maximum atomic E-state index is 12.5. The van der Waals surface area contributed by atoms with Gasteiger partial charge in [-0.3, -0.25) is 9.59 Å². The zero-order chi connectivity index (χ0) is 17.1. The summed E-state index contributed by atoms with van der Waals surface area (Å²) in [6, 6.07) is 1.98. The fourth-order valence-electron chi connectivity index (χ4n) is 2.90. The number of hydrogen-bond acceptors (Lipinski definition) is 4. The average molecular weight is 351 g/mol. The predicted octanol–water partition coefficient (Wildman–Crippen LogP) is 2.08. The third-order valence-corrected chi connectivity index (χ3v) is 4.67. The highest BCUT2D eigenvalue weighted by Crippen LogP contribution is 2.24. The number of nitrogens with zero attached hydrogens (tertiary/aromatic N) is 3. The Morgan fingerprint density at radius 1 is 1.33 bits per heavy atom. The molecule has 1 saturated carbocycles. The monoisotopic (exact) mass is 350 g/mol. The van der Waals surface area contributed by atoms with Crippen molar-refractivity contribution in [2.45, 2.75) is 38.1 Å². The van der Waals surface area contributed by atoms with E-state index in [0.29, 0.717) is 22.4 Å². The number of anilines is 1. The maximum Gasteiger partial charge on any atom is 0.255 e. The van der Waals surface area contributed by atoms with E-state index in [1.165, 1.54) is 6.42 Å². The van der Waals surface area contributed by atoms with Gasteiger partial charge >= 0.3 is 0 Å². The van der Waals surface area contributed by atoms with Gasteiger partial charge < -0.3 is 15.1 Å². The van der Waals surface area contributed by atoms with Gasteiger partial charge in [0.15, 0.2) is 0 Å². The number of likely N-dealkylation sites (N-methyl/N-ethyl adjacent to an activating group) is 1. The first-order valence-electron chi connectivity index (χ1n) is 8.50.